The number of aliphatic hydroxyl groups is 1. The molecule has 0 atom stereocenters. The number of quaternary nitrogens is 2. The monoisotopic (exact) mass is 188 g/mol. The molecule has 0 aromatic heterocycles. The fourth-order valence-corrected chi connectivity index (χ4v) is 2.08. The van der Waals surface area contributed by atoms with E-state index in [0.29, 0.717) is 6.61 Å². The van der Waals surface area contributed by atoms with Crippen molar-refractivity contribution in [1.82, 2.24) is 0 Å². The van der Waals surface area contributed by atoms with Crippen molar-refractivity contribution in [2.45, 2.75) is 32.2 Å². The lowest BCUT2D eigenvalue weighted by Crippen LogP contribution is -3.14. The summed E-state index contributed by atoms with van der Waals surface area (Å²) >= 11 is 0. The third-order valence-corrected chi connectivity index (χ3v) is 3.10. The van der Waals surface area contributed by atoms with Gasteiger partial charge in [0.15, 0.2) is 0 Å². The molecule has 1 rings (SSSR count). The maximum absolute atomic E-state index is 8.65. The molecule has 0 radical (unpaired) electrons. The van der Waals surface area contributed by atoms with Crippen LogP contribution in [-0.2, 0) is 0 Å². The van der Waals surface area contributed by atoms with Gasteiger partial charge in [-0.25, -0.2) is 0 Å². The normalized spacial score (nSPS) is 29.1. The molecule has 0 aromatic carbocycles. The number of rotatable bonds is 5. The Bertz CT molecular complexity index is 119. The molecule has 1 fully saturated rings. The van der Waals surface area contributed by atoms with Crippen molar-refractivity contribution in [1.29, 1.82) is 0 Å². The van der Waals surface area contributed by atoms with E-state index < -0.39 is 0 Å². The summed E-state index contributed by atoms with van der Waals surface area (Å²) < 4.78 is 0. The van der Waals surface area contributed by atoms with Gasteiger partial charge in [0.25, 0.3) is 0 Å². The van der Waals surface area contributed by atoms with Gasteiger partial charge in [0.2, 0.25) is 0 Å². The molecule has 3 nitrogen and oxygen atoms in total. The first-order chi connectivity index (χ1) is 6.36. The Balaban J connectivity index is 2.03. The van der Waals surface area contributed by atoms with Crippen molar-refractivity contribution in [3.05, 3.63) is 0 Å². The molecule has 0 bridgehead atoms. The third-order valence-electron chi connectivity index (χ3n) is 3.10. The van der Waals surface area contributed by atoms with E-state index in [2.05, 4.69) is 12.2 Å². The summed E-state index contributed by atoms with van der Waals surface area (Å²) in [4.78, 5) is 1.76. The summed E-state index contributed by atoms with van der Waals surface area (Å²) in [5.41, 5.74) is 0. The predicted octanol–water partition coefficient (Wildman–Crippen LogP) is -2.00. The van der Waals surface area contributed by atoms with E-state index in [1.165, 1.54) is 32.5 Å². The molecule has 0 aromatic rings. The van der Waals surface area contributed by atoms with Crippen molar-refractivity contribution >= 4 is 0 Å². The largest absolute Gasteiger partial charge is 0.396 e. The average molecular weight is 188 g/mol. The molecular weight excluding hydrogens is 164 g/mol. The van der Waals surface area contributed by atoms with Crippen LogP contribution >= 0.6 is 0 Å². The summed E-state index contributed by atoms with van der Waals surface area (Å²) in [6.45, 7) is 7.68. The second kappa shape index (κ2) is 6.35. The molecule has 1 heterocycles. The first-order valence-corrected chi connectivity index (χ1v) is 5.64. The Hall–Kier alpha value is -0.120. The van der Waals surface area contributed by atoms with E-state index in [0.717, 1.165) is 19.0 Å². The molecule has 0 saturated carbocycles. The van der Waals surface area contributed by atoms with Crippen molar-refractivity contribution in [2.24, 2.45) is 0 Å². The first kappa shape index (κ1) is 11.0. The highest BCUT2D eigenvalue weighted by atomic mass is 16.3. The predicted molar refractivity (Wildman–Crippen MR) is 52.8 cm³/mol. The van der Waals surface area contributed by atoms with Gasteiger partial charge in [-0.2, -0.15) is 0 Å². The van der Waals surface area contributed by atoms with Crippen LogP contribution in [-0.4, -0.2) is 43.9 Å². The zero-order valence-electron chi connectivity index (χ0n) is 8.76. The van der Waals surface area contributed by atoms with Crippen LogP contribution in [0, 0.1) is 0 Å². The molecule has 0 spiro atoms. The van der Waals surface area contributed by atoms with Crippen LogP contribution in [0.5, 0.6) is 0 Å². The maximum Gasteiger partial charge on any atom is 0.0967 e. The van der Waals surface area contributed by atoms with Crippen LogP contribution in [0.2, 0.25) is 0 Å². The second-order valence-electron chi connectivity index (χ2n) is 4.04. The van der Waals surface area contributed by atoms with Crippen LogP contribution in [0.1, 0.15) is 26.2 Å². The maximum atomic E-state index is 8.65. The van der Waals surface area contributed by atoms with Crippen LogP contribution in [0.15, 0.2) is 0 Å². The zero-order chi connectivity index (χ0) is 9.52. The summed E-state index contributed by atoms with van der Waals surface area (Å²) in [5.74, 6) is 0. The Kier molecular flexibility index (Phi) is 5.35. The van der Waals surface area contributed by atoms with Crippen LogP contribution in [0.3, 0.4) is 0 Å². The summed E-state index contributed by atoms with van der Waals surface area (Å²) in [7, 11) is 0. The molecule has 1 aliphatic heterocycles. The standard InChI is InChI=1S/C10H22N2O/c1-2-12-7-4-10(5-8-12)11-6-3-9-13/h10-11,13H,2-9H2,1H3/p+2. The third kappa shape index (κ3) is 4.07. The van der Waals surface area contributed by atoms with Gasteiger partial charge in [0.05, 0.1) is 32.2 Å². The van der Waals surface area contributed by atoms with Crippen LogP contribution in [0.4, 0.5) is 0 Å². The van der Waals surface area contributed by atoms with Crippen LogP contribution in [0.25, 0.3) is 0 Å². The molecule has 13 heavy (non-hydrogen) atoms. The van der Waals surface area contributed by atoms with Gasteiger partial charge < -0.3 is 15.3 Å². The number of likely N-dealkylation sites (tertiary alicyclic amines) is 1. The molecular formula is C10H24N2O+2. The van der Waals surface area contributed by atoms with Gasteiger partial charge >= 0.3 is 0 Å². The van der Waals surface area contributed by atoms with Crippen LogP contribution < -0.4 is 10.2 Å². The molecule has 4 N–H and O–H groups in total. The van der Waals surface area contributed by atoms with Gasteiger partial charge in [-0.05, 0) is 6.92 Å². The van der Waals surface area contributed by atoms with E-state index in [9.17, 15) is 0 Å². The molecule has 1 saturated heterocycles. The summed E-state index contributed by atoms with van der Waals surface area (Å²) in [6.07, 6.45) is 3.66. The van der Waals surface area contributed by atoms with E-state index in [1.54, 1.807) is 4.90 Å². The van der Waals surface area contributed by atoms with E-state index in [4.69, 9.17) is 5.11 Å². The summed E-state index contributed by atoms with van der Waals surface area (Å²) in [6, 6.07) is 0.835. The van der Waals surface area contributed by atoms with E-state index in [1.807, 2.05) is 0 Å². The van der Waals surface area contributed by atoms with E-state index >= 15 is 0 Å². The molecule has 1 aliphatic rings. The SMILES string of the molecule is CC[NH+]1CCC([NH2+]CCCO)CC1. The second-order valence-corrected chi connectivity index (χ2v) is 4.04. The van der Waals surface area contributed by atoms with Crippen molar-refractivity contribution in [3.63, 3.8) is 0 Å². The number of hydrogen-bond donors (Lipinski definition) is 3. The minimum absolute atomic E-state index is 0.343. The van der Waals surface area contributed by atoms with Gasteiger partial charge in [-0.15, -0.1) is 0 Å². The Morgan fingerprint density at radius 1 is 1.38 bits per heavy atom. The molecule has 78 valence electrons. The van der Waals surface area contributed by atoms with Gasteiger partial charge in [-0.3, -0.25) is 0 Å². The van der Waals surface area contributed by atoms with E-state index in [-0.39, 0.29) is 0 Å². The highest BCUT2D eigenvalue weighted by molar-refractivity contribution is 4.57. The number of hydrogen-bond acceptors (Lipinski definition) is 1. The molecule has 0 amide bonds. The topological polar surface area (TPSA) is 41.3 Å². The quantitative estimate of drug-likeness (QED) is 0.429. The average Bonchev–Trinajstić information content (AvgIpc) is 2.19. The fourth-order valence-electron chi connectivity index (χ4n) is 2.08. The number of aliphatic hydroxyl groups excluding tert-OH is 1. The summed E-state index contributed by atoms with van der Waals surface area (Å²) in [5, 5.41) is 11.1. The number of nitrogens with two attached hydrogens (primary N) is 1. The Labute approximate surface area is 81.1 Å². The van der Waals surface area contributed by atoms with Gasteiger partial charge in [0.1, 0.15) is 0 Å². The van der Waals surface area contributed by atoms with Gasteiger partial charge in [0, 0.05) is 25.9 Å². The number of nitrogens with one attached hydrogen (secondary N) is 1. The van der Waals surface area contributed by atoms with Crippen molar-refractivity contribution in [2.75, 3.05) is 32.8 Å². The molecule has 3 heteroatoms. The minimum atomic E-state index is 0.343. The fraction of sp³-hybridized carbons (Fsp3) is 1.00. The Morgan fingerprint density at radius 2 is 2.08 bits per heavy atom. The lowest BCUT2D eigenvalue weighted by atomic mass is 10.1. The number of piperidine rings is 1. The highest BCUT2D eigenvalue weighted by Crippen LogP contribution is 1.93. The minimum Gasteiger partial charge on any atom is -0.396 e. The van der Waals surface area contributed by atoms with Crippen molar-refractivity contribution < 1.29 is 15.3 Å². The lowest BCUT2D eigenvalue weighted by Gasteiger charge is -2.26. The lowest BCUT2D eigenvalue weighted by molar-refractivity contribution is -0.911. The highest BCUT2D eigenvalue weighted by Gasteiger charge is 2.22. The zero-order valence-corrected chi connectivity index (χ0v) is 8.76. The molecule has 0 aliphatic carbocycles. The first-order valence-electron chi connectivity index (χ1n) is 5.64. The van der Waals surface area contributed by atoms with Gasteiger partial charge in [-0.1, -0.05) is 0 Å². The smallest absolute Gasteiger partial charge is 0.0967 e. The van der Waals surface area contributed by atoms with Crippen molar-refractivity contribution in [3.8, 4) is 0 Å². The Morgan fingerprint density at radius 3 is 2.62 bits per heavy atom. The molecule has 0 unspecified atom stereocenters.